The van der Waals surface area contributed by atoms with E-state index in [1.54, 1.807) is 25.3 Å². The van der Waals surface area contributed by atoms with Crippen molar-refractivity contribution in [2.75, 3.05) is 6.26 Å². The van der Waals surface area contributed by atoms with E-state index in [4.69, 9.17) is 5.11 Å². The molecule has 82 valence electrons. The summed E-state index contributed by atoms with van der Waals surface area (Å²) in [5.41, 5.74) is 0.729. The molecule has 0 aliphatic carbocycles. The molecule has 0 spiro atoms. The maximum Gasteiger partial charge on any atom is 0.303 e. The molecule has 2 nitrogen and oxygen atoms in total. The van der Waals surface area contributed by atoms with Crippen molar-refractivity contribution in [2.24, 2.45) is 0 Å². The summed E-state index contributed by atoms with van der Waals surface area (Å²) in [7, 11) is 0. The number of thioether (sulfide) groups is 1. The Morgan fingerprint density at radius 2 is 2.27 bits per heavy atom. The van der Waals surface area contributed by atoms with E-state index in [2.05, 4.69) is 0 Å². The molecule has 0 fully saturated rings. The van der Waals surface area contributed by atoms with E-state index in [1.807, 2.05) is 0 Å². The lowest BCUT2D eigenvalue weighted by molar-refractivity contribution is -0.137. The molecule has 0 saturated carbocycles. The van der Waals surface area contributed by atoms with Gasteiger partial charge in [-0.2, -0.15) is 0 Å². The smallest absolute Gasteiger partial charge is 0.303 e. The van der Waals surface area contributed by atoms with Crippen LogP contribution in [-0.2, 0) is 4.79 Å². The van der Waals surface area contributed by atoms with Crippen LogP contribution in [-0.4, -0.2) is 17.3 Å². The van der Waals surface area contributed by atoms with Crippen molar-refractivity contribution >= 4 is 17.7 Å². The summed E-state index contributed by atoms with van der Waals surface area (Å²) in [6, 6.07) is 4.88. The molecule has 0 saturated heterocycles. The van der Waals surface area contributed by atoms with E-state index >= 15 is 0 Å². The average Bonchev–Trinajstić information content (AvgIpc) is 2.16. The number of carboxylic acid groups (broad SMARTS) is 1. The maximum absolute atomic E-state index is 13.4. The molecule has 0 bridgehead atoms. The Balaban J connectivity index is 2.87. The van der Waals surface area contributed by atoms with E-state index in [-0.39, 0.29) is 18.2 Å². The topological polar surface area (TPSA) is 37.3 Å². The minimum atomic E-state index is -0.864. The van der Waals surface area contributed by atoms with Gasteiger partial charge in [0.1, 0.15) is 5.82 Å². The fourth-order valence-corrected chi connectivity index (χ4v) is 1.83. The maximum atomic E-state index is 13.4. The number of carboxylic acids is 1. The van der Waals surface area contributed by atoms with Crippen molar-refractivity contribution in [1.29, 1.82) is 0 Å². The zero-order chi connectivity index (χ0) is 11.4. The first-order valence-corrected chi connectivity index (χ1v) is 5.82. The highest BCUT2D eigenvalue weighted by molar-refractivity contribution is 7.98. The molecule has 0 heterocycles. The van der Waals surface area contributed by atoms with Gasteiger partial charge in [-0.1, -0.05) is 13.0 Å². The third-order valence-corrected chi connectivity index (χ3v) is 3.00. The van der Waals surface area contributed by atoms with Crippen molar-refractivity contribution in [3.8, 4) is 0 Å². The lowest BCUT2D eigenvalue weighted by atomic mass is 9.98. The van der Waals surface area contributed by atoms with E-state index in [0.29, 0.717) is 4.90 Å². The molecule has 1 aromatic carbocycles. The second kappa shape index (κ2) is 5.16. The lowest BCUT2D eigenvalue weighted by Gasteiger charge is -2.10. The largest absolute Gasteiger partial charge is 0.481 e. The number of halogens is 1. The van der Waals surface area contributed by atoms with E-state index in [0.717, 1.165) is 5.56 Å². The summed E-state index contributed by atoms with van der Waals surface area (Å²) < 4.78 is 13.4. The molecular weight excluding hydrogens is 215 g/mol. The van der Waals surface area contributed by atoms with E-state index in [1.165, 1.54) is 17.8 Å². The molecule has 0 aromatic heterocycles. The quantitative estimate of drug-likeness (QED) is 0.804. The van der Waals surface area contributed by atoms with Gasteiger partial charge in [0.2, 0.25) is 0 Å². The zero-order valence-corrected chi connectivity index (χ0v) is 9.47. The van der Waals surface area contributed by atoms with Crippen molar-refractivity contribution < 1.29 is 14.3 Å². The molecule has 1 N–H and O–H groups in total. The summed E-state index contributed by atoms with van der Waals surface area (Å²) in [4.78, 5) is 11.1. The molecule has 1 aromatic rings. The van der Waals surface area contributed by atoms with Gasteiger partial charge in [0.25, 0.3) is 0 Å². The van der Waals surface area contributed by atoms with Gasteiger partial charge in [0.05, 0.1) is 6.42 Å². The minimum Gasteiger partial charge on any atom is -0.481 e. The number of hydrogen-bond acceptors (Lipinski definition) is 2. The Labute approximate surface area is 92.5 Å². The van der Waals surface area contributed by atoms with Crippen LogP contribution in [0, 0.1) is 5.82 Å². The van der Waals surface area contributed by atoms with E-state index < -0.39 is 5.97 Å². The zero-order valence-electron chi connectivity index (χ0n) is 8.66. The van der Waals surface area contributed by atoms with Gasteiger partial charge in [-0.15, -0.1) is 11.8 Å². The molecule has 0 radical (unpaired) electrons. The summed E-state index contributed by atoms with van der Waals surface area (Å²) in [5.74, 6) is -1.30. The first-order valence-electron chi connectivity index (χ1n) is 4.59. The molecule has 1 rings (SSSR count). The van der Waals surface area contributed by atoms with E-state index in [9.17, 15) is 9.18 Å². The monoisotopic (exact) mass is 228 g/mol. The Morgan fingerprint density at radius 1 is 1.60 bits per heavy atom. The number of aliphatic carboxylic acids is 1. The fraction of sp³-hybridized carbons (Fsp3) is 0.364. The highest BCUT2D eigenvalue weighted by Crippen LogP contribution is 2.25. The SMILES string of the molecule is CSc1ccc(C(C)CC(=O)O)cc1F. The van der Waals surface area contributed by atoms with Crippen LogP contribution in [0.4, 0.5) is 4.39 Å². The summed E-state index contributed by atoms with van der Waals surface area (Å²) >= 11 is 1.34. The van der Waals surface area contributed by atoms with Crippen molar-refractivity contribution in [3.05, 3.63) is 29.6 Å². The van der Waals surface area contributed by atoms with Gasteiger partial charge >= 0.3 is 5.97 Å². The normalized spacial score (nSPS) is 12.5. The first-order chi connectivity index (χ1) is 7.04. The summed E-state index contributed by atoms with van der Waals surface area (Å²) in [6.07, 6.45) is 1.83. The molecule has 1 atom stereocenters. The Bertz CT molecular complexity index is 366. The highest BCUT2D eigenvalue weighted by atomic mass is 32.2. The van der Waals surface area contributed by atoms with Crippen LogP contribution < -0.4 is 0 Å². The first kappa shape index (κ1) is 12.0. The van der Waals surface area contributed by atoms with Gasteiger partial charge in [-0.25, -0.2) is 4.39 Å². The predicted molar refractivity (Wildman–Crippen MR) is 58.8 cm³/mol. The standard InChI is InChI=1S/C11H13FO2S/c1-7(5-11(13)14)8-3-4-10(15-2)9(12)6-8/h3-4,6-7H,5H2,1-2H3,(H,13,14). The Kier molecular flexibility index (Phi) is 4.15. The fourth-order valence-electron chi connectivity index (χ4n) is 1.37. The third kappa shape index (κ3) is 3.23. The third-order valence-electron chi connectivity index (χ3n) is 2.23. The average molecular weight is 228 g/mol. The van der Waals surface area contributed by atoms with Crippen molar-refractivity contribution in [3.63, 3.8) is 0 Å². The Morgan fingerprint density at radius 3 is 2.73 bits per heavy atom. The molecule has 1 unspecified atom stereocenters. The minimum absolute atomic E-state index is 0.0258. The second-order valence-electron chi connectivity index (χ2n) is 3.39. The molecule has 0 aliphatic heterocycles. The molecule has 0 amide bonds. The summed E-state index contributed by atoms with van der Waals surface area (Å²) in [6.45, 7) is 1.78. The van der Waals surface area contributed by atoms with Gasteiger partial charge in [0.15, 0.2) is 0 Å². The molecule has 0 aliphatic rings. The Hall–Kier alpha value is -1.03. The summed E-state index contributed by atoms with van der Waals surface area (Å²) in [5, 5.41) is 8.62. The number of benzene rings is 1. The van der Waals surface area contributed by atoms with Crippen LogP contribution in [0.3, 0.4) is 0 Å². The van der Waals surface area contributed by atoms with Gasteiger partial charge in [0, 0.05) is 4.90 Å². The second-order valence-corrected chi connectivity index (χ2v) is 4.24. The van der Waals surface area contributed by atoms with Crippen LogP contribution in [0.2, 0.25) is 0 Å². The van der Waals surface area contributed by atoms with Crippen LogP contribution in [0.25, 0.3) is 0 Å². The number of carbonyl (C=O) groups is 1. The van der Waals surface area contributed by atoms with Crippen molar-refractivity contribution in [1.82, 2.24) is 0 Å². The van der Waals surface area contributed by atoms with Gasteiger partial charge in [-0.05, 0) is 29.9 Å². The van der Waals surface area contributed by atoms with Crippen LogP contribution in [0.15, 0.2) is 23.1 Å². The van der Waals surface area contributed by atoms with Crippen LogP contribution in [0.5, 0.6) is 0 Å². The predicted octanol–water partition coefficient (Wildman–Crippen LogP) is 3.13. The van der Waals surface area contributed by atoms with Crippen LogP contribution in [0.1, 0.15) is 24.8 Å². The van der Waals surface area contributed by atoms with Crippen LogP contribution >= 0.6 is 11.8 Å². The molecule has 4 heteroatoms. The molecular formula is C11H13FO2S. The van der Waals surface area contributed by atoms with Gasteiger partial charge < -0.3 is 5.11 Å². The lowest BCUT2D eigenvalue weighted by Crippen LogP contribution is -2.03. The van der Waals surface area contributed by atoms with Crippen molar-refractivity contribution in [2.45, 2.75) is 24.2 Å². The number of hydrogen-bond donors (Lipinski definition) is 1. The number of rotatable bonds is 4. The molecule has 15 heavy (non-hydrogen) atoms. The van der Waals surface area contributed by atoms with Gasteiger partial charge in [-0.3, -0.25) is 4.79 Å². The highest BCUT2D eigenvalue weighted by Gasteiger charge is 2.12.